The van der Waals surface area contributed by atoms with Crippen molar-refractivity contribution in [2.24, 2.45) is 0 Å². The number of amides is 2. The highest BCUT2D eigenvalue weighted by molar-refractivity contribution is 6.31. The molecule has 36 heavy (non-hydrogen) atoms. The number of carbonyl (C=O) groups is 2. The average Bonchev–Trinajstić information content (AvgIpc) is 3.38. The molecular formula is C27H31ClN4O4. The minimum absolute atomic E-state index is 0.0405. The number of halogens is 1. The number of hydrogen-bond acceptors (Lipinski definition) is 5. The van der Waals surface area contributed by atoms with Gasteiger partial charge < -0.3 is 24.3 Å². The summed E-state index contributed by atoms with van der Waals surface area (Å²) >= 11 is 6.17. The van der Waals surface area contributed by atoms with Crippen LogP contribution in [-0.2, 0) is 9.53 Å². The number of H-pyrrole nitrogens is 1. The van der Waals surface area contributed by atoms with Crippen LogP contribution >= 0.6 is 11.6 Å². The van der Waals surface area contributed by atoms with Crippen molar-refractivity contribution in [2.45, 2.75) is 38.2 Å². The summed E-state index contributed by atoms with van der Waals surface area (Å²) in [5, 5.41) is 0.664. The molecule has 0 bridgehead atoms. The Labute approximate surface area is 215 Å². The van der Waals surface area contributed by atoms with Crippen LogP contribution in [-0.4, -0.2) is 76.6 Å². The van der Waals surface area contributed by atoms with Crippen LogP contribution in [0.4, 0.5) is 0 Å². The van der Waals surface area contributed by atoms with Crippen LogP contribution < -0.4 is 4.74 Å². The summed E-state index contributed by atoms with van der Waals surface area (Å²) < 4.78 is 12.4. The van der Waals surface area contributed by atoms with Gasteiger partial charge in [0.2, 0.25) is 5.91 Å². The molecule has 2 aliphatic rings. The Bertz CT molecular complexity index is 1260. The molecule has 190 valence electrons. The van der Waals surface area contributed by atoms with E-state index in [0.717, 1.165) is 48.9 Å². The fourth-order valence-corrected chi connectivity index (χ4v) is 5.08. The molecule has 1 N–H and O–H groups in total. The lowest BCUT2D eigenvalue weighted by molar-refractivity contribution is -0.153. The second kappa shape index (κ2) is 10.5. The van der Waals surface area contributed by atoms with Crippen molar-refractivity contribution in [3.8, 4) is 5.75 Å². The third-order valence-corrected chi connectivity index (χ3v) is 7.44. The zero-order valence-electron chi connectivity index (χ0n) is 20.5. The molecule has 3 heterocycles. The average molecular weight is 511 g/mol. The Morgan fingerprint density at radius 3 is 2.75 bits per heavy atom. The number of piperidine rings is 1. The number of aromatic amines is 1. The fraction of sp³-hybridized carbons (Fsp3) is 0.444. The van der Waals surface area contributed by atoms with E-state index < -0.39 is 5.60 Å². The standard InChI is InChI=1S/C27H31ClN4O4/c1-19-13-21(6-7-22(19)28)35-17-27(15-25(33)31-9-3-2-4-10-31)16-32(11-12-36-27)26(34)20-5-8-23-24(14-20)30-18-29-23/h5-8,13-14,18H,2-4,9-12,15-17H2,1H3,(H,29,30)/t27-/m0/s1. The van der Waals surface area contributed by atoms with E-state index in [2.05, 4.69) is 9.97 Å². The maximum atomic E-state index is 13.5. The van der Waals surface area contributed by atoms with Crippen LogP contribution in [0, 0.1) is 6.92 Å². The Morgan fingerprint density at radius 2 is 1.94 bits per heavy atom. The molecule has 0 radical (unpaired) electrons. The number of nitrogens with zero attached hydrogens (tertiary/aromatic N) is 3. The molecule has 2 fully saturated rings. The van der Waals surface area contributed by atoms with Crippen LogP contribution in [0.2, 0.25) is 5.02 Å². The van der Waals surface area contributed by atoms with Crippen molar-refractivity contribution >= 4 is 34.4 Å². The van der Waals surface area contributed by atoms with Gasteiger partial charge in [-0.15, -0.1) is 0 Å². The first-order valence-corrected chi connectivity index (χ1v) is 12.8. The maximum absolute atomic E-state index is 13.5. The summed E-state index contributed by atoms with van der Waals surface area (Å²) in [5.41, 5.74) is 2.14. The van der Waals surface area contributed by atoms with Crippen molar-refractivity contribution in [2.75, 3.05) is 39.4 Å². The number of aryl methyl sites for hydroxylation is 1. The van der Waals surface area contributed by atoms with Gasteiger partial charge in [0.15, 0.2) is 0 Å². The van der Waals surface area contributed by atoms with Gasteiger partial charge in [-0.1, -0.05) is 11.6 Å². The Hall–Kier alpha value is -3.10. The SMILES string of the molecule is Cc1cc(OC[C@]2(CC(=O)N3CCCCC3)CN(C(=O)c3ccc4nc[nH]c4c3)CCO2)ccc1Cl. The molecular weight excluding hydrogens is 480 g/mol. The zero-order chi connectivity index (χ0) is 25.1. The van der Waals surface area contributed by atoms with E-state index in [1.165, 1.54) is 0 Å². The van der Waals surface area contributed by atoms with E-state index in [0.29, 0.717) is 29.5 Å². The molecule has 0 unspecified atom stereocenters. The Kier molecular flexibility index (Phi) is 7.16. The van der Waals surface area contributed by atoms with E-state index >= 15 is 0 Å². The van der Waals surface area contributed by atoms with Crippen LogP contribution in [0.1, 0.15) is 41.6 Å². The van der Waals surface area contributed by atoms with Crippen molar-refractivity contribution in [1.29, 1.82) is 0 Å². The monoisotopic (exact) mass is 510 g/mol. The molecule has 2 amide bonds. The minimum Gasteiger partial charge on any atom is -0.490 e. The number of aromatic nitrogens is 2. The van der Waals surface area contributed by atoms with Gasteiger partial charge in [0, 0.05) is 30.2 Å². The number of likely N-dealkylation sites (tertiary alicyclic amines) is 1. The third kappa shape index (κ3) is 5.34. The molecule has 1 aromatic heterocycles. The predicted molar refractivity (Wildman–Crippen MR) is 137 cm³/mol. The first-order valence-electron chi connectivity index (χ1n) is 12.5. The number of carbonyl (C=O) groups excluding carboxylic acids is 2. The quantitative estimate of drug-likeness (QED) is 0.536. The topological polar surface area (TPSA) is 87.8 Å². The molecule has 2 aromatic carbocycles. The molecule has 0 spiro atoms. The van der Waals surface area contributed by atoms with Gasteiger partial charge in [-0.2, -0.15) is 0 Å². The molecule has 9 heteroatoms. The zero-order valence-corrected chi connectivity index (χ0v) is 21.2. The largest absolute Gasteiger partial charge is 0.490 e. The molecule has 2 aliphatic heterocycles. The molecule has 1 atom stereocenters. The van der Waals surface area contributed by atoms with E-state index in [1.807, 2.05) is 30.0 Å². The second-order valence-electron chi connectivity index (χ2n) is 9.71. The number of nitrogens with one attached hydrogen (secondary N) is 1. The summed E-state index contributed by atoms with van der Waals surface area (Å²) in [5.74, 6) is 0.587. The summed E-state index contributed by atoms with van der Waals surface area (Å²) in [6.45, 7) is 4.63. The first-order chi connectivity index (χ1) is 17.4. The number of hydrogen-bond donors (Lipinski definition) is 1. The number of benzene rings is 2. The van der Waals surface area contributed by atoms with Crippen molar-refractivity contribution in [3.63, 3.8) is 0 Å². The van der Waals surface area contributed by atoms with E-state index in [9.17, 15) is 9.59 Å². The van der Waals surface area contributed by atoms with Crippen LogP contribution in [0.5, 0.6) is 5.75 Å². The summed E-state index contributed by atoms with van der Waals surface area (Å²) in [7, 11) is 0. The van der Waals surface area contributed by atoms with Crippen LogP contribution in [0.25, 0.3) is 11.0 Å². The minimum atomic E-state index is -0.950. The first kappa shape index (κ1) is 24.6. The van der Waals surface area contributed by atoms with Gasteiger partial charge >= 0.3 is 0 Å². The second-order valence-corrected chi connectivity index (χ2v) is 10.1. The van der Waals surface area contributed by atoms with Crippen LogP contribution in [0.3, 0.4) is 0 Å². The summed E-state index contributed by atoms with van der Waals surface area (Å²) in [6.07, 6.45) is 4.94. The van der Waals surface area contributed by atoms with Crippen LogP contribution in [0.15, 0.2) is 42.7 Å². The Balaban J connectivity index is 1.37. The van der Waals surface area contributed by atoms with Crippen molar-refractivity contribution in [1.82, 2.24) is 19.8 Å². The summed E-state index contributed by atoms with van der Waals surface area (Å²) in [6, 6.07) is 10.9. The smallest absolute Gasteiger partial charge is 0.254 e. The fourth-order valence-electron chi connectivity index (χ4n) is 4.97. The maximum Gasteiger partial charge on any atom is 0.254 e. The highest BCUT2D eigenvalue weighted by Gasteiger charge is 2.42. The predicted octanol–water partition coefficient (Wildman–Crippen LogP) is 4.22. The highest BCUT2D eigenvalue weighted by atomic mass is 35.5. The Morgan fingerprint density at radius 1 is 1.11 bits per heavy atom. The number of ether oxygens (including phenoxy) is 2. The van der Waals surface area contributed by atoms with Gasteiger partial charge in [0.1, 0.15) is 18.0 Å². The molecule has 0 aliphatic carbocycles. The highest BCUT2D eigenvalue weighted by Crippen LogP contribution is 2.29. The summed E-state index contributed by atoms with van der Waals surface area (Å²) in [4.78, 5) is 37.7. The molecule has 5 rings (SSSR count). The lowest BCUT2D eigenvalue weighted by atomic mass is 9.95. The number of rotatable bonds is 6. The van der Waals surface area contributed by atoms with Gasteiger partial charge in [-0.25, -0.2) is 4.98 Å². The third-order valence-electron chi connectivity index (χ3n) is 7.02. The van der Waals surface area contributed by atoms with Gasteiger partial charge in [-0.3, -0.25) is 9.59 Å². The normalized spacial score (nSPS) is 20.5. The lowest BCUT2D eigenvalue weighted by Crippen LogP contribution is -2.58. The number of imidazole rings is 1. The molecule has 8 nitrogen and oxygen atoms in total. The van der Waals surface area contributed by atoms with E-state index in [1.54, 1.807) is 29.4 Å². The van der Waals surface area contributed by atoms with E-state index in [-0.39, 0.29) is 31.4 Å². The van der Waals surface area contributed by atoms with Crippen molar-refractivity contribution < 1.29 is 19.1 Å². The number of fused-ring (bicyclic) bond motifs is 1. The van der Waals surface area contributed by atoms with Gasteiger partial charge in [0.25, 0.3) is 5.91 Å². The van der Waals surface area contributed by atoms with Gasteiger partial charge in [-0.05, 0) is 68.1 Å². The molecule has 2 saturated heterocycles. The van der Waals surface area contributed by atoms with Crippen molar-refractivity contribution in [3.05, 3.63) is 58.9 Å². The van der Waals surface area contributed by atoms with E-state index in [4.69, 9.17) is 21.1 Å². The molecule has 3 aromatic rings. The lowest BCUT2D eigenvalue weighted by Gasteiger charge is -2.43. The number of morpholine rings is 1. The molecule has 0 saturated carbocycles. The van der Waals surface area contributed by atoms with Gasteiger partial charge in [0.05, 0.1) is 36.9 Å².